The molecule has 1 fully saturated rings. The molecule has 11 nitrogen and oxygen atoms in total. The van der Waals surface area contributed by atoms with Crippen LogP contribution in [0.4, 0.5) is 4.79 Å². The predicted octanol–water partition coefficient (Wildman–Crippen LogP) is -0.0145. The Balaban J connectivity index is 1.95. The summed E-state index contributed by atoms with van der Waals surface area (Å²) in [6, 6.07) is 0. The van der Waals surface area contributed by atoms with Gasteiger partial charge in [0.25, 0.3) is 0 Å². The molecule has 1 rings (SSSR count). The third-order valence-corrected chi connectivity index (χ3v) is 4.12. The van der Waals surface area contributed by atoms with Crippen molar-refractivity contribution in [1.82, 2.24) is 15.3 Å². The summed E-state index contributed by atoms with van der Waals surface area (Å²) in [4.78, 5) is 25.8. The van der Waals surface area contributed by atoms with E-state index in [1.54, 1.807) is 9.91 Å². The van der Waals surface area contributed by atoms with E-state index in [0.717, 1.165) is 0 Å². The van der Waals surface area contributed by atoms with E-state index < -0.39 is 11.7 Å². The molecule has 0 saturated carbocycles. The second-order valence-electron chi connectivity index (χ2n) is 7.97. The van der Waals surface area contributed by atoms with Gasteiger partial charge in [-0.1, -0.05) is 0 Å². The Hall–Kier alpha value is -1.50. The Morgan fingerprint density at radius 2 is 1.29 bits per heavy atom. The van der Waals surface area contributed by atoms with Gasteiger partial charge in [0.05, 0.1) is 59.3 Å². The fourth-order valence-electron chi connectivity index (χ4n) is 2.66. The van der Waals surface area contributed by atoms with E-state index in [1.165, 1.54) is 0 Å². The van der Waals surface area contributed by atoms with E-state index in [0.29, 0.717) is 92.0 Å². The normalized spacial score (nSPS) is 15.2. The van der Waals surface area contributed by atoms with Gasteiger partial charge < -0.3 is 34.3 Å². The predicted molar refractivity (Wildman–Crippen MR) is 114 cm³/mol. The molecule has 0 aromatic rings. The van der Waals surface area contributed by atoms with Crippen molar-refractivity contribution in [2.24, 2.45) is 5.73 Å². The Morgan fingerprint density at radius 1 is 0.806 bits per heavy atom. The number of hydrogen-bond donors (Lipinski definition) is 2. The van der Waals surface area contributed by atoms with E-state index in [4.69, 9.17) is 29.4 Å². The number of rotatable bonds is 15. The largest absolute Gasteiger partial charge is 0.443 e. The van der Waals surface area contributed by atoms with Gasteiger partial charge in [0.2, 0.25) is 5.91 Å². The van der Waals surface area contributed by atoms with E-state index in [9.17, 15) is 9.59 Å². The number of piperazine rings is 1. The maximum absolute atomic E-state index is 12.3. The van der Waals surface area contributed by atoms with E-state index in [2.05, 4.69) is 5.43 Å². The average Bonchev–Trinajstić information content (AvgIpc) is 2.70. The minimum Gasteiger partial charge on any atom is -0.443 e. The van der Waals surface area contributed by atoms with Gasteiger partial charge in [0.15, 0.2) is 0 Å². The molecule has 31 heavy (non-hydrogen) atoms. The lowest BCUT2D eigenvalue weighted by molar-refractivity contribution is -0.134. The number of carbonyl (C=O) groups is 2. The molecule has 2 amide bonds. The molecule has 11 heteroatoms. The van der Waals surface area contributed by atoms with Crippen LogP contribution in [-0.2, 0) is 28.5 Å². The first-order chi connectivity index (χ1) is 14.8. The van der Waals surface area contributed by atoms with Crippen LogP contribution in [0.5, 0.6) is 0 Å². The lowest BCUT2D eigenvalue weighted by Crippen LogP contribution is -2.55. The first-order valence-electron chi connectivity index (χ1n) is 10.8. The van der Waals surface area contributed by atoms with Crippen LogP contribution in [0.2, 0.25) is 0 Å². The summed E-state index contributed by atoms with van der Waals surface area (Å²) in [5.41, 5.74) is 7.48. The van der Waals surface area contributed by atoms with Crippen LogP contribution < -0.4 is 11.2 Å². The van der Waals surface area contributed by atoms with Crippen LogP contribution in [0, 0.1) is 0 Å². The fraction of sp³-hybridized carbons (Fsp3) is 0.900. The molecule has 0 radical (unpaired) electrons. The van der Waals surface area contributed by atoms with E-state index >= 15 is 0 Å². The van der Waals surface area contributed by atoms with Crippen LogP contribution in [0.25, 0.3) is 0 Å². The van der Waals surface area contributed by atoms with Crippen molar-refractivity contribution in [3.63, 3.8) is 0 Å². The van der Waals surface area contributed by atoms with Gasteiger partial charge in [-0.3, -0.25) is 10.2 Å². The molecule has 0 aromatic heterocycles. The van der Waals surface area contributed by atoms with Crippen LogP contribution in [0.15, 0.2) is 0 Å². The Kier molecular flexibility index (Phi) is 14.4. The third-order valence-electron chi connectivity index (χ3n) is 4.12. The zero-order chi connectivity index (χ0) is 23.0. The van der Waals surface area contributed by atoms with Crippen molar-refractivity contribution in [2.75, 3.05) is 85.6 Å². The van der Waals surface area contributed by atoms with Crippen molar-refractivity contribution in [1.29, 1.82) is 0 Å². The van der Waals surface area contributed by atoms with Gasteiger partial charge in [-0.05, 0) is 20.8 Å². The molecule has 1 saturated heterocycles. The minimum absolute atomic E-state index is 0.0445. The maximum Gasteiger partial charge on any atom is 0.422 e. The van der Waals surface area contributed by atoms with Crippen molar-refractivity contribution in [3.05, 3.63) is 0 Å². The highest BCUT2D eigenvalue weighted by Gasteiger charge is 2.23. The second kappa shape index (κ2) is 16.2. The van der Waals surface area contributed by atoms with Gasteiger partial charge in [0, 0.05) is 32.7 Å². The summed E-state index contributed by atoms with van der Waals surface area (Å²) in [6.45, 7) is 12.0. The summed E-state index contributed by atoms with van der Waals surface area (Å²) in [5, 5.41) is 1.77. The molecule has 1 aliphatic rings. The summed E-state index contributed by atoms with van der Waals surface area (Å²) < 4.78 is 26.6. The highest BCUT2D eigenvalue weighted by atomic mass is 16.6. The van der Waals surface area contributed by atoms with E-state index in [-0.39, 0.29) is 5.91 Å². The molecule has 1 aliphatic heterocycles. The highest BCUT2D eigenvalue weighted by molar-refractivity contribution is 5.76. The lowest BCUT2D eigenvalue weighted by atomic mass is 10.2. The van der Waals surface area contributed by atoms with Crippen LogP contribution >= 0.6 is 0 Å². The topological polar surface area (TPSA) is 125 Å². The van der Waals surface area contributed by atoms with Crippen molar-refractivity contribution < 1.29 is 33.3 Å². The van der Waals surface area contributed by atoms with Gasteiger partial charge in [-0.2, -0.15) is 0 Å². The summed E-state index contributed by atoms with van der Waals surface area (Å²) in [7, 11) is 0. The molecule has 1 heterocycles. The molecule has 0 bridgehead atoms. The van der Waals surface area contributed by atoms with Gasteiger partial charge >= 0.3 is 6.09 Å². The van der Waals surface area contributed by atoms with Crippen LogP contribution in [0.3, 0.4) is 0 Å². The Labute approximate surface area is 185 Å². The molecule has 0 spiro atoms. The molecule has 0 aliphatic carbocycles. The van der Waals surface area contributed by atoms with Crippen LogP contribution in [-0.4, -0.2) is 113 Å². The zero-order valence-corrected chi connectivity index (χ0v) is 19.2. The van der Waals surface area contributed by atoms with Crippen molar-refractivity contribution >= 4 is 12.0 Å². The van der Waals surface area contributed by atoms with Gasteiger partial charge in [-0.25, -0.2) is 9.80 Å². The molecule has 182 valence electrons. The molecule has 0 aromatic carbocycles. The maximum atomic E-state index is 12.3. The number of carbonyl (C=O) groups excluding carboxylic acids is 2. The molecular weight excluding hydrogens is 408 g/mol. The zero-order valence-electron chi connectivity index (χ0n) is 19.2. The standard InChI is InChI=1S/C20H40N4O7/c1-20(2,3)31-19(26)22-24-8-6-23(7-9-24)18(25)4-10-27-12-14-29-16-17-30-15-13-28-11-5-21/h4-17,21H2,1-3H3,(H,22,26). The van der Waals surface area contributed by atoms with Crippen molar-refractivity contribution in [3.8, 4) is 0 Å². The quantitative estimate of drug-likeness (QED) is 0.333. The summed E-state index contributed by atoms with van der Waals surface area (Å²) in [6.07, 6.45) is -0.156. The number of amides is 2. The first-order valence-corrected chi connectivity index (χ1v) is 10.8. The van der Waals surface area contributed by atoms with Crippen molar-refractivity contribution in [2.45, 2.75) is 32.8 Å². The number of hydrazine groups is 1. The van der Waals surface area contributed by atoms with Crippen LogP contribution in [0.1, 0.15) is 27.2 Å². The lowest BCUT2D eigenvalue weighted by Gasteiger charge is -2.35. The number of hydrogen-bond acceptors (Lipinski definition) is 9. The average molecular weight is 449 g/mol. The highest BCUT2D eigenvalue weighted by Crippen LogP contribution is 2.08. The number of nitrogens with zero attached hydrogens (tertiary/aromatic N) is 2. The first kappa shape index (κ1) is 27.5. The number of ether oxygens (including phenoxy) is 5. The minimum atomic E-state index is -0.541. The Bertz CT molecular complexity index is 494. The smallest absolute Gasteiger partial charge is 0.422 e. The van der Waals surface area contributed by atoms with E-state index in [1.807, 2.05) is 20.8 Å². The fourth-order valence-corrected chi connectivity index (χ4v) is 2.66. The molecule has 3 N–H and O–H groups in total. The molecule has 0 unspecified atom stereocenters. The molecule has 0 atom stereocenters. The number of nitrogens with one attached hydrogen (secondary N) is 1. The third kappa shape index (κ3) is 15.0. The van der Waals surface area contributed by atoms with Gasteiger partial charge in [0.1, 0.15) is 5.60 Å². The molecular formula is C20H40N4O7. The van der Waals surface area contributed by atoms with Gasteiger partial charge in [-0.15, -0.1) is 0 Å². The summed E-state index contributed by atoms with van der Waals surface area (Å²) >= 11 is 0. The monoisotopic (exact) mass is 448 g/mol. The Morgan fingerprint density at radius 3 is 1.77 bits per heavy atom. The summed E-state index contributed by atoms with van der Waals surface area (Å²) in [5.74, 6) is 0.0445. The second-order valence-corrected chi connectivity index (χ2v) is 7.97. The SMILES string of the molecule is CC(C)(C)OC(=O)NN1CCN(C(=O)CCOCCOCCOCCOCCN)CC1. The number of nitrogens with two attached hydrogens (primary N) is 1.